The fourth-order valence-electron chi connectivity index (χ4n) is 3.93. The van der Waals surface area contributed by atoms with Crippen LogP contribution in [0, 0.1) is 18.6 Å². The fraction of sp³-hybridized carbons (Fsp3) is 0.429. The Hall–Kier alpha value is -2.38. The number of aromatic nitrogens is 3. The van der Waals surface area contributed by atoms with Gasteiger partial charge in [0, 0.05) is 12.2 Å². The number of benzene rings is 1. The van der Waals surface area contributed by atoms with E-state index < -0.39 is 0 Å². The van der Waals surface area contributed by atoms with E-state index in [2.05, 4.69) is 43.9 Å². The van der Waals surface area contributed by atoms with E-state index in [0.717, 1.165) is 55.7 Å². The average molecular weight is 399 g/mol. The van der Waals surface area contributed by atoms with Crippen LogP contribution in [0.5, 0.6) is 0 Å². The minimum absolute atomic E-state index is 0.762. The zero-order valence-electron chi connectivity index (χ0n) is 16.8. The zero-order chi connectivity index (χ0) is 19.7. The van der Waals surface area contributed by atoms with Crippen molar-refractivity contribution < 1.29 is 9.32 Å². The van der Waals surface area contributed by atoms with Crippen molar-refractivity contribution in [2.24, 2.45) is 0 Å². The number of quaternary nitrogens is 1. The lowest BCUT2D eigenvalue weighted by atomic mass is 10.1. The molecule has 148 valence electrons. The molecule has 7 heteroatoms. The van der Waals surface area contributed by atoms with Crippen molar-refractivity contribution in [3.05, 3.63) is 52.5 Å². The molecule has 0 atom stereocenters. The third kappa shape index (κ3) is 3.52. The third-order valence-electron chi connectivity index (χ3n) is 5.74. The molecule has 0 spiro atoms. The smallest absolute Gasteiger partial charge is 0.203 e. The molecule has 28 heavy (non-hydrogen) atoms. The number of nitrogens with one attached hydrogen (secondary N) is 1. The molecule has 3 aromatic rings. The summed E-state index contributed by atoms with van der Waals surface area (Å²) in [6, 6.07) is 10.4. The number of piperazine rings is 1. The van der Waals surface area contributed by atoms with Crippen LogP contribution in [0.1, 0.15) is 18.1 Å². The van der Waals surface area contributed by atoms with E-state index >= 15 is 0 Å². The highest BCUT2D eigenvalue weighted by molar-refractivity contribution is 7.71. The molecule has 0 amide bonds. The number of hydrogen-bond acceptors (Lipinski definition) is 4. The number of rotatable bonds is 5. The maximum absolute atomic E-state index is 5.68. The second-order valence-corrected chi connectivity index (χ2v) is 7.81. The first kappa shape index (κ1) is 19.0. The van der Waals surface area contributed by atoms with Crippen molar-refractivity contribution >= 4 is 17.9 Å². The van der Waals surface area contributed by atoms with Crippen LogP contribution < -0.4 is 9.80 Å². The first-order valence-corrected chi connectivity index (χ1v) is 10.4. The molecule has 1 aliphatic rings. The summed E-state index contributed by atoms with van der Waals surface area (Å²) < 4.78 is 10.3. The summed E-state index contributed by atoms with van der Waals surface area (Å²) >= 11 is 5.68. The number of furan rings is 1. The Labute approximate surface area is 171 Å². The van der Waals surface area contributed by atoms with Crippen LogP contribution in [0.15, 0.2) is 41.0 Å². The molecule has 0 radical (unpaired) electrons. The highest BCUT2D eigenvalue weighted by Gasteiger charge is 2.23. The SMILES string of the molecule is CCn1c(-c2ccco2)nn(C[NH+]2CCN(c3cccc(C)c3C)CC2)c1=S. The van der Waals surface area contributed by atoms with Crippen LogP contribution in [-0.4, -0.2) is 40.5 Å². The molecule has 1 fully saturated rings. The first-order chi connectivity index (χ1) is 13.6. The quantitative estimate of drug-likeness (QED) is 0.671. The van der Waals surface area contributed by atoms with E-state index in [1.54, 1.807) is 6.26 Å². The van der Waals surface area contributed by atoms with Crippen molar-refractivity contribution in [1.82, 2.24) is 14.3 Å². The highest BCUT2D eigenvalue weighted by Crippen LogP contribution is 2.22. The number of hydrogen-bond donors (Lipinski definition) is 1. The van der Waals surface area contributed by atoms with Gasteiger partial charge in [-0.05, 0) is 62.3 Å². The molecule has 1 aromatic carbocycles. The fourth-order valence-corrected chi connectivity index (χ4v) is 4.25. The number of aryl methyl sites for hydroxylation is 1. The van der Waals surface area contributed by atoms with Crippen molar-refractivity contribution in [2.75, 3.05) is 31.1 Å². The minimum atomic E-state index is 0.762. The lowest BCUT2D eigenvalue weighted by molar-refractivity contribution is -0.924. The van der Waals surface area contributed by atoms with Crippen LogP contribution >= 0.6 is 12.2 Å². The predicted molar refractivity (Wildman–Crippen MR) is 113 cm³/mol. The van der Waals surface area contributed by atoms with Gasteiger partial charge in [0.15, 0.2) is 18.3 Å². The van der Waals surface area contributed by atoms with Gasteiger partial charge >= 0.3 is 0 Å². The summed E-state index contributed by atoms with van der Waals surface area (Å²) in [6.45, 7) is 12.3. The summed E-state index contributed by atoms with van der Waals surface area (Å²) in [4.78, 5) is 4.01. The summed E-state index contributed by atoms with van der Waals surface area (Å²) in [7, 11) is 0. The van der Waals surface area contributed by atoms with Gasteiger partial charge in [0.25, 0.3) is 0 Å². The molecule has 1 N–H and O–H groups in total. The van der Waals surface area contributed by atoms with Gasteiger partial charge in [0.05, 0.1) is 32.4 Å². The topological polar surface area (TPSA) is 43.6 Å². The maximum Gasteiger partial charge on any atom is 0.203 e. The molecule has 0 aliphatic carbocycles. The van der Waals surface area contributed by atoms with Crippen molar-refractivity contribution in [3.63, 3.8) is 0 Å². The molecule has 1 aliphatic heterocycles. The summed E-state index contributed by atoms with van der Waals surface area (Å²) in [5.74, 6) is 1.58. The molecule has 0 unspecified atom stereocenters. The van der Waals surface area contributed by atoms with Gasteiger partial charge in [0.2, 0.25) is 4.77 Å². The van der Waals surface area contributed by atoms with E-state index in [4.69, 9.17) is 21.7 Å². The van der Waals surface area contributed by atoms with Crippen molar-refractivity contribution in [2.45, 2.75) is 34.0 Å². The standard InChI is InChI=1S/C21H27N5OS/c1-4-25-20(19-9-6-14-27-19)22-26(21(25)28)15-23-10-12-24(13-11-23)18-8-5-7-16(2)17(18)3/h5-9,14H,4,10-13,15H2,1-3H3/p+1. The molecule has 0 bridgehead atoms. The zero-order valence-corrected chi connectivity index (χ0v) is 17.6. The molecule has 6 nitrogen and oxygen atoms in total. The van der Waals surface area contributed by atoms with E-state index in [0.29, 0.717) is 0 Å². The van der Waals surface area contributed by atoms with Crippen molar-refractivity contribution in [1.29, 1.82) is 0 Å². The second kappa shape index (κ2) is 7.93. The minimum Gasteiger partial charge on any atom is -0.461 e. The van der Waals surface area contributed by atoms with Crippen LogP contribution in [0.3, 0.4) is 0 Å². The van der Waals surface area contributed by atoms with E-state index in [1.165, 1.54) is 21.7 Å². The second-order valence-electron chi connectivity index (χ2n) is 7.44. The number of anilines is 1. The third-order valence-corrected chi connectivity index (χ3v) is 6.17. The Bertz CT molecular complexity index is 996. The van der Waals surface area contributed by atoms with E-state index in [9.17, 15) is 0 Å². The Morgan fingerprint density at radius 2 is 1.93 bits per heavy atom. The van der Waals surface area contributed by atoms with Gasteiger partial charge in [-0.15, -0.1) is 5.10 Å². The predicted octanol–water partition coefficient (Wildman–Crippen LogP) is 2.67. The summed E-state index contributed by atoms with van der Waals surface area (Å²) in [5.41, 5.74) is 4.11. The average Bonchev–Trinajstić information content (AvgIpc) is 3.33. The lowest BCUT2D eigenvalue weighted by Gasteiger charge is -2.34. The van der Waals surface area contributed by atoms with Crippen molar-refractivity contribution in [3.8, 4) is 11.6 Å². The molecular weight excluding hydrogens is 370 g/mol. The summed E-state index contributed by atoms with van der Waals surface area (Å²) in [5, 5.41) is 4.77. The highest BCUT2D eigenvalue weighted by atomic mass is 32.1. The van der Waals surface area contributed by atoms with Gasteiger partial charge in [-0.1, -0.05) is 12.1 Å². The van der Waals surface area contributed by atoms with Gasteiger partial charge in [-0.25, -0.2) is 0 Å². The molecule has 4 rings (SSSR count). The Balaban J connectivity index is 1.47. The summed E-state index contributed by atoms with van der Waals surface area (Å²) in [6.07, 6.45) is 1.68. The maximum atomic E-state index is 5.68. The van der Waals surface area contributed by atoms with Gasteiger partial charge in [0.1, 0.15) is 0 Å². The van der Waals surface area contributed by atoms with Crippen LogP contribution in [0.25, 0.3) is 11.6 Å². The van der Waals surface area contributed by atoms with Crippen LogP contribution in [0.4, 0.5) is 5.69 Å². The van der Waals surface area contributed by atoms with E-state index in [1.807, 2.05) is 21.4 Å². The Kier molecular flexibility index (Phi) is 5.37. The lowest BCUT2D eigenvalue weighted by Crippen LogP contribution is -3.14. The molecule has 0 saturated carbocycles. The van der Waals surface area contributed by atoms with Gasteiger partial charge in [-0.3, -0.25) is 4.57 Å². The van der Waals surface area contributed by atoms with Gasteiger partial charge in [-0.2, -0.15) is 4.68 Å². The van der Waals surface area contributed by atoms with E-state index in [-0.39, 0.29) is 0 Å². The molecular formula is C21H28N5OS+. The van der Waals surface area contributed by atoms with Crippen LogP contribution in [0.2, 0.25) is 0 Å². The monoisotopic (exact) mass is 398 g/mol. The molecule has 2 aromatic heterocycles. The Morgan fingerprint density at radius 1 is 1.14 bits per heavy atom. The van der Waals surface area contributed by atoms with Gasteiger partial charge < -0.3 is 14.2 Å². The first-order valence-electron chi connectivity index (χ1n) is 9.94. The normalized spacial score (nSPS) is 15.3. The van der Waals surface area contributed by atoms with Crippen LogP contribution in [-0.2, 0) is 13.2 Å². The largest absolute Gasteiger partial charge is 0.461 e. The Morgan fingerprint density at radius 3 is 2.61 bits per heavy atom. The number of nitrogens with zero attached hydrogens (tertiary/aromatic N) is 4. The molecule has 3 heterocycles. The molecule has 1 saturated heterocycles.